The fraction of sp³-hybridized carbons (Fsp3) is 0.917. The number of carbonyl (C=O) groups is 1. The number of nitrogens with zero attached hydrogens (tertiary/aromatic N) is 1. The summed E-state index contributed by atoms with van der Waals surface area (Å²) in [5.74, 6) is -0.653. The lowest BCUT2D eigenvalue weighted by Crippen LogP contribution is -2.57. The van der Waals surface area contributed by atoms with Gasteiger partial charge in [-0.2, -0.15) is 0 Å². The van der Waals surface area contributed by atoms with Gasteiger partial charge in [-0.1, -0.05) is 13.8 Å². The maximum absolute atomic E-state index is 11.6. The Morgan fingerprint density at radius 2 is 1.88 bits per heavy atom. The maximum atomic E-state index is 11.6. The van der Waals surface area contributed by atoms with Crippen LogP contribution in [0.2, 0.25) is 0 Å². The summed E-state index contributed by atoms with van der Waals surface area (Å²) >= 11 is 0. The maximum Gasteiger partial charge on any atom is 0.324 e. The molecule has 1 aliphatic carbocycles. The molecule has 0 aromatic carbocycles. The first kappa shape index (κ1) is 11.9. The zero-order chi connectivity index (χ0) is 11.8. The number of carboxylic acids is 1. The van der Waals surface area contributed by atoms with Crippen molar-refractivity contribution >= 4 is 5.97 Å². The van der Waals surface area contributed by atoms with Crippen LogP contribution in [-0.2, 0) is 9.53 Å². The fourth-order valence-corrected chi connectivity index (χ4v) is 3.09. The molecule has 0 spiro atoms. The Morgan fingerprint density at radius 3 is 2.31 bits per heavy atom. The predicted octanol–water partition coefficient (Wildman–Crippen LogP) is 1.35. The molecule has 4 nitrogen and oxygen atoms in total. The first-order chi connectivity index (χ1) is 7.46. The second-order valence-electron chi connectivity index (χ2n) is 5.78. The lowest BCUT2D eigenvalue weighted by Gasteiger charge is -2.40. The van der Waals surface area contributed by atoms with Gasteiger partial charge in [-0.05, 0) is 24.7 Å². The molecule has 1 saturated heterocycles. The van der Waals surface area contributed by atoms with Crippen LogP contribution in [0.25, 0.3) is 0 Å². The monoisotopic (exact) mass is 227 g/mol. The Hall–Kier alpha value is -0.610. The van der Waals surface area contributed by atoms with Crippen LogP contribution in [0.1, 0.15) is 33.1 Å². The Bertz CT molecular complexity index is 284. The number of morpholine rings is 1. The minimum Gasteiger partial charge on any atom is -0.480 e. The van der Waals surface area contributed by atoms with Crippen molar-refractivity contribution in [2.45, 2.75) is 38.6 Å². The predicted molar refractivity (Wildman–Crippen MR) is 60.4 cm³/mol. The van der Waals surface area contributed by atoms with Gasteiger partial charge in [-0.15, -0.1) is 0 Å². The minimum absolute atomic E-state index is 0.149. The molecule has 0 bridgehead atoms. The Labute approximate surface area is 96.6 Å². The summed E-state index contributed by atoms with van der Waals surface area (Å²) in [4.78, 5) is 13.7. The first-order valence-corrected chi connectivity index (χ1v) is 6.03. The zero-order valence-corrected chi connectivity index (χ0v) is 10.2. The summed E-state index contributed by atoms with van der Waals surface area (Å²) in [6, 6.07) is 0. The van der Waals surface area contributed by atoms with Gasteiger partial charge < -0.3 is 9.84 Å². The lowest BCUT2D eigenvalue weighted by molar-refractivity contribution is -0.155. The van der Waals surface area contributed by atoms with Crippen molar-refractivity contribution in [3.05, 3.63) is 0 Å². The van der Waals surface area contributed by atoms with Crippen LogP contribution in [0.5, 0.6) is 0 Å². The minimum atomic E-state index is -0.653. The smallest absolute Gasteiger partial charge is 0.324 e. The Kier molecular flexibility index (Phi) is 2.97. The number of hydrogen-bond acceptors (Lipinski definition) is 3. The Morgan fingerprint density at radius 1 is 1.25 bits per heavy atom. The molecule has 1 unspecified atom stereocenters. The molecule has 0 radical (unpaired) electrons. The molecular formula is C12H21NO3. The van der Waals surface area contributed by atoms with Gasteiger partial charge in [-0.3, -0.25) is 9.69 Å². The third-order valence-corrected chi connectivity index (χ3v) is 4.00. The highest BCUT2D eigenvalue weighted by Crippen LogP contribution is 2.47. The molecule has 1 N–H and O–H groups in total. The van der Waals surface area contributed by atoms with Gasteiger partial charge in [0.15, 0.2) is 0 Å². The molecule has 0 amide bonds. The third kappa shape index (κ3) is 1.96. The molecule has 2 rings (SSSR count). The first-order valence-electron chi connectivity index (χ1n) is 6.03. The molecule has 1 aliphatic heterocycles. The van der Waals surface area contributed by atoms with Gasteiger partial charge >= 0.3 is 5.97 Å². The number of ether oxygens (including phenoxy) is 1. The topological polar surface area (TPSA) is 49.8 Å². The molecule has 1 saturated carbocycles. The average molecular weight is 227 g/mol. The van der Waals surface area contributed by atoms with E-state index in [1.807, 2.05) is 0 Å². The average Bonchev–Trinajstić information content (AvgIpc) is 2.57. The van der Waals surface area contributed by atoms with E-state index in [1.165, 1.54) is 0 Å². The highest BCUT2D eigenvalue weighted by Gasteiger charge is 2.52. The van der Waals surface area contributed by atoms with Gasteiger partial charge in [0.25, 0.3) is 0 Å². The summed E-state index contributed by atoms with van der Waals surface area (Å²) in [6.45, 7) is 7.16. The van der Waals surface area contributed by atoms with Crippen LogP contribution >= 0.6 is 0 Å². The Balaban J connectivity index is 2.19. The summed E-state index contributed by atoms with van der Waals surface area (Å²) in [7, 11) is 0. The van der Waals surface area contributed by atoms with Crippen molar-refractivity contribution in [2.75, 3.05) is 26.3 Å². The van der Waals surface area contributed by atoms with E-state index in [-0.39, 0.29) is 5.41 Å². The van der Waals surface area contributed by atoms with Crippen LogP contribution in [0.15, 0.2) is 0 Å². The van der Waals surface area contributed by atoms with Crippen LogP contribution in [0.4, 0.5) is 0 Å². The molecule has 2 fully saturated rings. The molecule has 16 heavy (non-hydrogen) atoms. The fourth-order valence-electron chi connectivity index (χ4n) is 3.09. The van der Waals surface area contributed by atoms with Crippen molar-refractivity contribution in [3.63, 3.8) is 0 Å². The van der Waals surface area contributed by atoms with E-state index >= 15 is 0 Å². The molecule has 0 aromatic rings. The highest BCUT2D eigenvalue weighted by atomic mass is 16.5. The molecule has 0 aromatic heterocycles. The van der Waals surface area contributed by atoms with Gasteiger partial charge in [0, 0.05) is 13.1 Å². The van der Waals surface area contributed by atoms with E-state index in [9.17, 15) is 9.90 Å². The molecule has 2 aliphatic rings. The van der Waals surface area contributed by atoms with Crippen molar-refractivity contribution in [1.29, 1.82) is 0 Å². The lowest BCUT2D eigenvalue weighted by atomic mass is 9.86. The largest absolute Gasteiger partial charge is 0.480 e. The third-order valence-electron chi connectivity index (χ3n) is 4.00. The summed E-state index contributed by atoms with van der Waals surface area (Å²) in [5, 5.41) is 9.57. The second-order valence-corrected chi connectivity index (χ2v) is 5.78. The summed E-state index contributed by atoms with van der Waals surface area (Å²) in [6.07, 6.45) is 2.53. The van der Waals surface area contributed by atoms with E-state index in [4.69, 9.17) is 4.74 Å². The molecular weight excluding hydrogens is 206 g/mol. The number of aliphatic carboxylic acids is 1. The molecule has 92 valence electrons. The van der Waals surface area contributed by atoms with E-state index in [0.717, 1.165) is 32.4 Å². The normalized spacial score (nSPS) is 35.1. The van der Waals surface area contributed by atoms with Gasteiger partial charge in [0.2, 0.25) is 0 Å². The van der Waals surface area contributed by atoms with Gasteiger partial charge in [0.1, 0.15) is 5.54 Å². The van der Waals surface area contributed by atoms with Crippen LogP contribution in [0, 0.1) is 5.41 Å². The SMILES string of the molecule is CC1(C)CCC(C(=O)O)(N2CCOCC2)C1. The van der Waals surface area contributed by atoms with Gasteiger partial charge in [0.05, 0.1) is 13.2 Å². The quantitative estimate of drug-likeness (QED) is 0.773. The van der Waals surface area contributed by atoms with Crippen molar-refractivity contribution < 1.29 is 14.6 Å². The van der Waals surface area contributed by atoms with Gasteiger partial charge in [-0.25, -0.2) is 0 Å². The van der Waals surface area contributed by atoms with E-state index in [0.29, 0.717) is 13.2 Å². The van der Waals surface area contributed by atoms with Crippen LogP contribution < -0.4 is 0 Å². The number of hydrogen-bond donors (Lipinski definition) is 1. The standard InChI is InChI=1S/C12H21NO3/c1-11(2)3-4-12(9-11,10(14)15)13-5-7-16-8-6-13/h3-9H2,1-2H3,(H,14,15). The van der Waals surface area contributed by atoms with Crippen LogP contribution in [0.3, 0.4) is 0 Å². The summed E-state index contributed by atoms with van der Waals surface area (Å²) in [5.41, 5.74) is -0.482. The van der Waals surface area contributed by atoms with E-state index < -0.39 is 11.5 Å². The summed E-state index contributed by atoms with van der Waals surface area (Å²) < 4.78 is 5.30. The molecule has 4 heteroatoms. The number of rotatable bonds is 2. The van der Waals surface area contributed by atoms with Crippen LogP contribution in [-0.4, -0.2) is 47.8 Å². The van der Waals surface area contributed by atoms with E-state index in [1.54, 1.807) is 0 Å². The molecule has 1 heterocycles. The second kappa shape index (κ2) is 4.00. The molecule has 1 atom stereocenters. The highest BCUT2D eigenvalue weighted by molar-refractivity contribution is 5.79. The van der Waals surface area contributed by atoms with Crippen molar-refractivity contribution in [1.82, 2.24) is 4.90 Å². The number of carboxylic acid groups (broad SMARTS) is 1. The van der Waals surface area contributed by atoms with E-state index in [2.05, 4.69) is 18.7 Å². The zero-order valence-electron chi connectivity index (χ0n) is 10.2. The van der Waals surface area contributed by atoms with Crippen molar-refractivity contribution in [2.24, 2.45) is 5.41 Å². The van der Waals surface area contributed by atoms with Crippen molar-refractivity contribution in [3.8, 4) is 0 Å².